The molecule has 3 aromatic rings. The molecule has 6 nitrogen and oxygen atoms in total. The number of hydrogen-bond acceptors (Lipinski definition) is 5. The smallest absolute Gasteiger partial charge is 0.321 e. The maximum Gasteiger partial charge on any atom is 0.321 e. The predicted octanol–water partition coefficient (Wildman–Crippen LogP) is 4.58. The summed E-state index contributed by atoms with van der Waals surface area (Å²) in [5, 5.41) is 2.69. The Hall–Kier alpha value is -2.39. The maximum absolute atomic E-state index is 13.2. The van der Waals surface area contributed by atoms with Gasteiger partial charge in [-0.25, -0.2) is 15.0 Å². The molecule has 1 aromatic carbocycles. The van der Waals surface area contributed by atoms with Gasteiger partial charge < -0.3 is 10.1 Å². The lowest BCUT2D eigenvalue weighted by Crippen LogP contribution is -2.12. The minimum atomic E-state index is -0.679. The van der Waals surface area contributed by atoms with Crippen LogP contribution in [0.1, 0.15) is 10.4 Å². The second-order valence-corrected chi connectivity index (χ2v) is 6.53. The molecule has 0 bridgehead atoms. The summed E-state index contributed by atoms with van der Waals surface area (Å²) in [6.45, 7) is 0. The molecule has 9 heteroatoms. The number of pyridine rings is 1. The lowest BCUT2D eigenvalue weighted by molar-refractivity contribution is 0.102. The number of halogens is 3. The van der Waals surface area contributed by atoms with Crippen LogP contribution < -0.4 is 10.1 Å². The Bertz CT molecular complexity index is 922. The van der Waals surface area contributed by atoms with Crippen LogP contribution in [0.2, 0.25) is 0 Å². The molecule has 0 aliphatic carbocycles. The number of anilines is 1. The van der Waals surface area contributed by atoms with E-state index in [0.717, 1.165) is 10.7 Å². The lowest BCUT2D eigenvalue weighted by Gasteiger charge is -2.08. The molecule has 1 amide bonds. The molecule has 0 radical (unpaired) electrons. The zero-order chi connectivity index (χ0) is 17.8. The van der Waals surface area contributed by atoms with Gasteiger partial charge in [-0.3, -0.25) is 4.79 Å². The predicted molar refractivity (Wildman–Crippen MR) is 96.1 cm³/mol. The monoisotopic (exact) mass is 466 g/mol. The summed E-state index contributed by atoms with van der Waals surface area (Å²) in [6.07, 6.45) is 4.28. The van der Waals surface area contributed by atoms with Gasteiger partial charge in [-0.05, 0) is 50.1 Å². The summed E-state index contributed by atoms with van der Waals surface area (Å²) >= 11 is 6.24. The molecule has 0 unspecified atom stereocenters. The number of ether oxygens (including phenoxy) is 1. The van der Waals surface area contributed by atoms with Crippen molar-refractivity contribution in [3.63, 3.8) is 0 Å². The van der Waals surface area contributed by atoms with Crippen molar-refractivity contribution >= 4 is 43.5 Å². The van der Waals surface area contributed by atoms with Crippen molar-refractivity contribution in [2.24, 2.45) is 0 Å². The van der Waals surface area contributed by atoms with Crippen molar-refractivity contribution in [3.8, 4) is 11.8 Å². The molecule has 25 heavy (non-hydrogen) atoms. The van der Waals surface area contributed by atoms with Crippen LogP contribution in [0.15, 0.2) is 57.9 Å². The van der Waals surface area contributed by atoms with Crippen molar-refractivity contribution in [3.05, 3.63) is 69.4 Å². The third kappa shape index (κ3) is 4.58. The zero-order valence-electron chi connectivity index (χ0n) is 12.4. The highest BCUT2D eigenvalue weighted by Crippen LogP contribution is 2.23. The number of nitrogens with zero attached hydrogens (tertiary/aromatic N) is 3. The van der Waals surface area contributed by atoms with Crippen molar-refractivity contribution in [2.75, 3.05) is 5.32 Å². The van der Waals surface area contributed by atoms with Crippen molar-refractivity contribution in [2.45, 2.75) is 0 Å². The van der Waals surface area contributed by atoms with Crippen LogP contribution in [0.3, 0.4) is 0 Å². The highest BCUT2D eigenvalue weighted by molar-refractivity contribution is 9.10. The number of benzene rings is 1. The molecule has 0 aliphatic rings. The van der Waals surface area contributed by atoms with Gasteiger partial charge in [0, 0.05) is 30.3 Å². The molecular weight excluding hydrogens is 459 g/mol. The number of carbonyl (C=O) groups is 1. The minimum absolute atomic E-state index is 0.115. The first-order chi connectivity index (χ1) is 12.0. The van der Waals surface area contributed by atoms with Gasteiger partial charge in [0.1, 0.15) is 5.75 Å². The van der Waals surface area contributed by atoms with Gasteiger partial charge in [-0.2, -0.15) is 4.39 Å². The third-order valence-electron chi connectivity index (χ3n) is 2.96. The van der Waals surface area contributed by atoms with Crippen molar-refractivity contribution in [1.29, 1.82) is 0 Å². The van der Waals surface area contributed by atoms with Gasteiger partial charge >= 0.3 is 6.01 Å². The van der Waals surface area contributed by atoms with E-state index >= 15 is 0 Å². The fraction of sp³-hybridized carbons (Fsp3) is 0. The van der Waals surface area contributed by atoms with E-state index in [9.17, 15) is 9.18 Å². The van der Waals surface area contributed by atoms with Gasteiger partial charge in [0.2, 0.25) is 5.95 Å². The number of carbonyl (C=O) groups excluding carboxylic acids is 1. The second-order valence-electron chi connectivity index (χ2n) is 4.76. The third-order valence-corrected chi connectivity index (χ3v) is 3.92. The Kier molecular flexibility index (Phi) is 5.34. The first-order valence-corrected chi connectivity index (χ1v) is 8.48. The number of rotatable bonds is 4. The van der Waals surface area contributed by atoms with Gasteiger partial charge in [0.25, 0.3) is 5.91 Å². The first-order valence-electron chi connectivity index (χ1n) is 6.89. The number of aromatic nitrogens is 3. The summed E-state index contributed by atoms with van der Waals surface area (Å²) in [7, 11) is 0. The van der Waals surface area contributed by atoms with Gasteiger partial charge in [-0.1, -0.05) is 6.07 Å². The standard InChI is InChI=1S/C16H9Br2FN4O2/c17-10-7-21-16(22-8-10)25-12-3-1-2-11(5-12)23-15(24)9-4-13(18)14(19)20-6-9/h1-8H,(H,23,24). The van der Waals surface area contributed by atoms with Crippen molar-refractivity contribution in [1.82, 2.24) is 15.0 Å². The Morgan fingerprint density at radius 3 is 2.56 bits per heavy atom. The van der Waals surface area contributed by atoms with Gasteiger partial charge in [0.15, 0.2) is 0 Å². The first kappa shape index (κ1) is 17.4. The van der Waals surface area contributed by atoms with E-state index in [1.165, 1.54) is 6.07 Å². The number of hydrogen-bond donors (Lipinski definition) is 1. The topological polar surface area (TPSA) is 77.0 Å². The summed E-state index contributed by atoms with van der Waals surface area (Å²) in [5.41, 5.74) is 0.718. The fourth-order valence-corrected chi connectivity index (χ4v) is 2.40. The lowest BCUT2D eigenvalue weighted by atomic mass is 10.2. The van der Waals surface area contributed by atoms with Crippen LogP contribution in [0.5, 0.6) is 11.8 Å². The molecule has 0 aliphatic heterocycles. The largest absolute Gasteiger partial charge is 0.424 e. The quantitative estimate of drug-likeness (QED) is 0.568. The molecular formula is C16H9Br2FN4O2. The summed E-state index contributed by atoms with van der Waals surface area (Å²) in [5.74, 6) is -0.648. The van der Waals surface area contributed by atoms with Crippen molar-refractivity contribution < 1.29 is 13.9 Å². The van der Waals surface area contributed by atoms with E-state index in [0.29, 0.717) is 11.4 Å². The maximum atomic E-state index is 13.2. The molecule has 0 saturated heterocycles. The van der Waals surface area contributed by atoms with E-state index in [-0.39, 0.29) is 16.0 Å². The van der Waals surface area contributed by atoms with E-state index in [1.54, 1.807) is 36.7 Å². The SMILES string of the molecule is O=C(Nc1cccc(Oc2ncc(Br)cn2)c1)c1cnc(F)c(Br)c1. The Labute approximate surface area is 158 Å². The molecule has 0 spiro atoms. The Balaban J connectivity index is 1.73. The van der Waals surface area contributed by atoms with Crippen LogP contribution >= 0.6 is 31.9 Å². The molecule has 0 fully saturated rings. The zero-order valence-corrected chi connectivity index (χ0v) is 15.6. The number of nitrogens with one attached hydrogen (secondary N) is 1. The minimum Gasteiger partial charge on any atom is -0.424 e. The molecule has 0 atom stereocenters. The summed E-state index contributed by atoms with van der Waals surface area (Å²) in [6, 6.07) is 8.26. The highest BCUT2D eigenvalue weighted by atomic mass is 79.9. The van der Waals surface area contributed by atoms with Crippen LogP contribution in [-0.4, -0.2) is 20.9 Å². The molecule has 3 rings (SSSR count). The van der Waals surface area contributed by atoms with Crippen LogP contribution in [0, 0.1) is 5.95 Å². The average Bonchev–Trinajstić information content (AvgIpc) is 2.59. The second kappa shape index (κ2) is 7.66. The van der Waals surface area contributed by atoms with Crippen LogP contribution in [-0.2, 0) is 0 Å². The molecule has 2 aromatic heterocycles. The molecule has 2 heterocycles. The summed E-state index contributed by atoms with van der Waals surface area (Å²) < 4.78 is 19.5. The Morgan fingerprint density at radius 2 is 1.84 bits per heavy atom. The van der Waals surface area contributed by atoms with Crippen LogP contribution in [0.25, 0.3) is 0 Å². The molecule has 126 valence electrons. The molecule has 0 saturated carbocycles. The van der Waals surface area contributed by atoms with E-state index in [1.807, 2.05) is 0 Å². The fourth-order valence-electron chi connectivity index (χ4n) is 1.84. The Morgan fingerprint density at radius 1 is 1.08 bits per heavy atom. The highest BCUT2D eigenvalue weighted by Gasteiger charge is 2.10. The molecule has 1 N–H and O–H groups in total. The van der Waals surface area contributed by atoms with Crippen LogP contribution in [0.4, 0.5) is 10.1 Å². The summed E-state index contributed by atoms with van der Waals surface area (Å²) in [4.78, 5) is 23.7. The normalized spacial score (nSPS) is 10.4. The average molecular weight is 468 g/mol. The van der Waals surface area contributed by atoms with E-state index in [2.05, 4.69) is 52.1 Å². The van der Waals surface area contributed by atoms with E-state index in [4.69, 9.17) is 4.74 Å². The van der Waals surface area contributed by atoms with Gasteiger partial charge in [-0.15, -0.1) is 0 Å². The van der Waals surface area contributed by atoms with E-state index < -0.39 is 11.9 Å². The van der Waals surface area contributed by atoms with Gasteiger partial charge in [0.05, 0.1) is 14.5 Å². The number of amides is 1.